The first-order valence-corrected chi connectivity index (χ1v) is 10.8. The molecule has 0 amide bonds. The first kappa shape index (κ1) is 20.1. The van der Waals surface area contributed by atoms with Gasteiger partial charge in [-0.15, -0.1) is 0 Å². The Hall–Kier alpha value is -2.67. The van der Waals surface area contributed by atoms with Gasteiger partial charge in [0.15, 0.2) is 11.9 Å². The lowest BCUT2D eigenvalue weighted by Crippen LogP contribution is -2.31. The molecule has 0 spiro atoms. The van der Waals surface area contributed by atoms with Crippen LogP contribution in [0.2, 0.25) is 0 Å². The summed E-state index contributed by atoms with van der Waals surface area (Å²) in [5.41, 5.74) is 0.796. The van der Waals surface area contributed by atoms with Gasteiger partial charge in [-0.05, 0) is 62.6 Å². The fourth-order valence-corrected chi connectivity index (χ4v) is 4.72. The normalized spacial score (nSPS) is 17.2. The molecule has 1 fully saturated rings. The molecule has 0 N–H and O–H groups in total. The zero-order valence-corrected chi connectivity index (χ0v) is 16.5. The van der Waals surface area contributed by atoms with Crippen molar-refractivity contribution in [1.29, 1.82) is 0 Å². The molecule has 6 nitrogen and oxygen atoms in total. The van der Waals surface area contributed by atoms with E-state index in [-0.39, 0.29) is 22.8 Å². The second-order valence-corrected chi connectivity index (χ2v) is 8.50. The molecule has 0 radical (unpaired) electrons. The lowest BCUT2D eigenvalue weighted by Gasteiger charge is -2.23. The molecule has 3 rings (SSSR count). The summed E-state index contributed by atoms with van der Waals surface area (Å²) in [5.74, 6) is -0.667. The van der Waals surface area contributed by atoms with Crippen LogP contribution in [0.1, 0.15) is 43.0 Å². The quantitative estimate of drug-likeness (QED) is 0.691. The molecule has 1 atom stereocenters. The summed E-state index contributed by atoms with van der Waals surface area (Å²) < 4.78 is 32.6. The number of hydrogen-bond acceptors (Lipinski definition) is 5. The van der Waals surface area contributed by atoms with Crippen molar-refractivity contribution in [2.75, 3.05) is 10.8 Å². The Labute approximate surface area is 165 Å². The Kier molecular flexibility index (Phi) is 6.14. The van der Waals surface area contributed by atoms with Gasteiger partial charge in [0.2, 0.25) is 0 Å². The minimum atomic E-state index is -3.76. The van der Waals surface area contributed by atoms with Crippen molar-refractivity contribution in [2.45, 2.75) is 43.6 Å². The molecule has 1 saturated carbocycles. The van der Waals surface area contributed by atoms with Crippen molar-refractivity contribution in [2.24, 2.45) is 0 Å². The number of carbonyl (C=O) groups excluding carboxylic acids is 2. The number of nitrogens with zero attached hydrogens (tertiary/aromatic N) is 1. The minimum Gasteiger partial charge on any atom is -0.451 e. The molecule has 0 heterocycles. The highest BCUT2D eigenvalue weighted by molar-refractivity contribution is 7.92. The molecule has 1 aliphatic rings. The number of carbonyl (C=O) groups is 2. The predicted octanol–water partition coefficient (Wildman–Crippen LogP) is 3.57. The maximum Gasteiger partial charge on any atom is 0.338 e. The van der Waals surface area contributed by atoms with Crippen molar-refractivity contribution in [3.05, 3.63) is 60.2 Å². The van der Waals surface area contributed by atoms with Crippen LogP contribution in [0.15, 0.2) is 59.5 Å². The minimum absolute atomic E-state index is 0.0553. The van der Waals surface area contributed by atoms with Gasteiger partial charge in [-0.2, -0.15) is 0 Å². The van der Waals surface area contributed by atoms with Gasteiger partial charge in [0.1, 0.15) is 0 Å². The number of sulfonamides is 1. The molecule has 148 valence electrons. The monoisotopic (exact) mass is 401 g/mol. The van der Waals surface area contributed by atoms with Crippen molar-refractivity contribution < 1.29 is 22.7 Å². The molecule has 1 unspecified atom stereocenters. The largest absolute Gasteiger partial charge is 0.451 e. The third-order valence-electron chi connectivity index (χ3n) is 4.76. The van der Waals surface area contributed by atoms with E-state index in [4.69, 9.17) is 4.74 Å². The summed E-state index contributed by atoms with van der Waals surface area (Å²) in [5, 5.41) is 0. The Balaban J connectivity index is 1.77. The number of benzene rings is 2. The lowest BCUT2D eigenvalue weighted by atomic mass is 9.96. The molecular formula is C21H23NO5S. The third-order valence-corrected chi connectivity index (χ3v) is 6.67. The smallest absolute Gasteiger partial charge is 0.338 e. The predicted molar refractivity (Wildman–Crippen MR) is 106 cm³/mol. The average Bonchev–Trinajstić information content (AvgIpc) is 2.71. The summed E-state index contributed by atoms with van der Waals surface area (Å²) in [4.78, 5) is 24.2. The van der Waals surface area contributed by atoms with Gasteiger partial charge in [0, 0.05) is 13.0 Å². The van der Waals surface area contributed by atoms with Gasteiger partial charge in [0.05, 0.1) is 16.1 Å². The van der Waals surface area contributed by atoms with Gasteiger partial charge in [-0.1, -0.05) is 18.2 Å². The number of para-hydroxylation sites is 1. The van der Waals surface area contributed by atoms with E-state index in [0.717, 1.165) is 12.8 Å². The molecule has 0 aromatic heterocycles. The van der Waals surface area contributed by atoms with Crippen LogP contribution in [0.4, 0.5) is 5.69 Å². The van der Waals surface area contributed by atoms with E-state index in [1.165, 1.54) is 28.6 Å². The Bertz CT molecular complexity index is 939. The molecular weight excluding hydrogens is 378 g/mol. The van der Waals surface area contributed by atoms with Crippen LogP contribution in [0.3, 0.4) is 0 Å². The Morgan fingerprint density at radius 1 is 1.07 bits per heavy atom. The van der Waals surface area contributed by atoms with E-state index >= 15 is 0 Å². The fraction of sp³-hybridized carbons (Fsp3) is 0.333. The number of ketones is 1. The maximum absolute atomic E-state index is 13.0. The van der Waals surface area contributed by atoms with Gasteiger partial charge >= 0.3 is 5.97 Å². The number of ether oxygens (including phenoxy) is 1. The topological polar surface area (TPSA) is 80.8 Å². The summed E-state index contributed by atoms with van der Waals surface area (Å²) in [6.45, 7) is 2.04. The zero-order valence-electron chi connectivity index (χ0n) is 15.7. The highest BCUT2D eigenvalue weighted by Crippen LogP contribution is 2.24. The molecule has 0 saturated heterocycles. The summed E-state index contributed by atoms with van der Waals surface area (Å²) in [6, 6.07) is 14.4. The van der Waals surface area contributed by atoms with E-state index in [1.807, 2.05) is 6.07 Å². The lowest BCUT2D eigenvalue weighted by molar-refractivity contribution is -0.129. The van der Waals surface area contributed by atoms with Crippen LogP contribution in [0.5, 0.6) is 0 Å². The van der Waals surface area contributed by atoms with Crippen LogP contribution < -0.4 is 4.31 Å². The molecule has 2 aromatic carbocycles. The standard InChI is InChI=1S/C21H23NO5S/c1-2-22(17-8-4-3-5-9-17)28(25,26)18-14-12-16(13-15-18)21(24)27-20-11-7-6-10-19(20)23/h3-5,8-9,12-15,20H,2,6-7,10-11H2,1H3. The van der Waals surface area contributed by atoms with Crippen LogP contribution in [0.25, 0.3) is 0 Å². The van der Waals surface area contributed by atoms with Crippen LogP contribution >= 0.6 is 0 Å². The summed E-state index contributed by atoms with van der Waals surface area (Å²) in [6.07, 6.45) is 1.96. The molecule has 0 aliphatic heterocycles. The van der Waals surface area contributed by atoms with E-state index in [9.17, 15) is 18.0 Å². The number of esters is 1. The number of rotatable bonds is 6. The number of anilines is 1. The number of hydrogen-bond donors (Lipinski definition) is 0. The van der Waals surface area contributed by atoms with Gasteiger partial charge < -0.3 is 4.74 Å². The average molecular weight is 401 g/mol. The van der Waals surface area contributed by atoms with Crippen LogP contribution in [0, 0.1) is 0 Å². The molecule has 0 bridgehead atoms. The molecule has 28 heavy (non-hydrogen) atoms. The highest BCUT2D eigenvalue weighted by atomic mass is 32.2. The highest BCUT2D eigenvalue weighted by Gasteiger charge is 2.27. The molecule has 7 heteroatoms. The Morgan fingerprint density at radius 3 is 2.36 bits per heavy atom. The van der Waals surface area contributed by atoms with Crippen LogP contribution in [-0.4, -0.2) is 32.8 Å². The van der Waals surface area contributed by atoms with Gasteiger partial charge in [-0.25, -0.2) is 13.2 Å². The second-order valence-electron chi connectivity index (χ2n) is 6.64. The number of Topliss-reactive ketones (excluding diaryl/α,β-unsaturated/α-hetero) is 1. The first-order valence-electron chi connectivity index (χ1n) is 9.35. The fourth-order valence-electron chi connectivity index (χ4n) is 3.25. The van der Waals surface area contributed by atoms with Gasteiger partial charge in [0.25, 0.3) is 10.0 Å². The van der Waals surface area contributed by atoms with E-state index in [1.54, 1.807) is 31.2 Å². The van der Waals surface area contributed by atoms with E-state index in [0.29, 0.717) is 18.5 Å². The zero-order chi connectivity index (χ0) is 20.1. The van der Waals surface area contributed by atoms with E-state index in [2.05, 4.69) is 0 Å². The van der Waals surface area contributed by atoms with Crippen molar-refractivity contribution in [1.82, 2.24) is 0 Å². The second kappa shape index (κ2) is 8.56. The first-order chi connectivity index (χ1) is 13.4. The third kappa shape index (κ3) is 4.25. The molecule has 1 aliphatic carbocycles. The summed E-state index contributed by atoms with van der Waals surface area (Å²) >= 11 is 0. The summed E-state index contributed by atoms with van der Waals surface area (Å²) in [7, 11) is -3.76. The van der Waals surface area contributed by atoms with Crippen LogP contribution in [-0.2, 0) is 19.6 Å². The Morgan fingerprint density at radius 2 is 1.75 bits per heavy atom. The van der Waals surface area contributed by atoms with Crippen molar-refractivity contribution >= 4 is 27.5 Å². The SMILES string of the molecule is CCN(c1ccccc1)S(=O)(=O)c1ccc(C(=O)OC2CCCCC2=O)cc1. The van der Waals surface area contributed by atoms with Gasteiger partial charge in [-0.3, -0.25) is 9.10 Å². The van der Waals surface area contributed by atoms with Crippen molar-refractivity contribution in [3.63, 3.8) is 0 Å². The van der Waals surface area contributed by atoms with E-state index < -0.39 is 22.1 Å². The maximum atomic E-state index is 13.0. The van der Waals surface area contributed by atoms with Crippen molar-refractivity contribution in [3.8, 4) is 0 Å². The molecule has 2 aromatic rings.